The lowest BCUT2D eigenvalue weighted by atomic mass is 10.1. The predicted octanol–water partition coefficient (Wildman–Crippen LogP) is 3.10. The van der Waals surface area contributed by atoms with Gasteiger partial charge in [-0.3, -0.25) is 9.89 Å². The summed E-state index contributed by atoms with van der Waals surface area (Å²) in [6, 6.07) is 15.0. The zero-order valence-corrected chi connectivity index (χ0v) is 17.4. The van der Waals surface area contributed by atoms with Gasteiger partial charge in [0.1, 0.15) is 5.65 Å². The monoisotopic (exact) mass is 390 g/mol. The molecule has 0 amide bonds. The van der Waals surface area contributed by atoms with Crippen LogP contribution in [-0.2, 0) is 19.6 Å². The molecule has 0 bridgehead atoms. The Morgan fingerprint density at radius 1 is 1.00 bits per heavy atom. The lowest BCUT2D eigenvalue weighted by molar-refractivity contribution is 0.331. The third-order valence-electron chi connectivity index (χ3n) is 5.49. The largest absolute Gasteiger partial charge is 0.352 e. The normalized spacial score (nSPS) is 15.2. The van der Waals surface area contributed by atoms with E-state index in [2.05, 4.69) is 73.4 Å². The first-order chi connectivity index (χ1) is 14.2. The number of fused-ring (bicyclic) bond motifs is 1. The number of benzene rings is 1. The number of pyridine rings is 1. The summed E-state index contributed by atoms with van der Waals surface area (Å²) in [6.07, 6.45) is 4.75. The van der Waals surface area contributed by atoms with Gasteiger partial charge in [0.05, 0.1) is 12.2 Å². The van der Waals surface area contributed by atoms with E-state index in [1.165, 1.54) is 42.8 Å². The molecule has 0 atom stereocenters. The standard InChI is InChI=1S/C23H30N6/c1-18-6-5-7-22-27-21(17-29(18)22)15-26-23(24-2)25-14-19-8-10-20(11-9-19)16-28-12-3-4-13-28/h5-11,17H,3-4,12-16H2,1-2H3,(H2,24,25,26). The summed E-state index contributed by atoms with van der Waals surface area (Å²) in [6.45, 7) is 7.00. The van der Waals surface area contributed by atoms with Gasteiger partial charge in [-0.2, -0.15) is 0 Å². The van der Waals surface area contributed by atoms with Crippen molar-refractivity contribution in [2.24, 2.45) is 4.99 Å². The van der Waals surface area contributed by atoms with Gasteiger partial charge in [-0.1, -0.05) is 30.3 Å². The lowest BCUT2D eigenvalue weighted by Crippen LogP contribution is -2.36. The summed E-state index contributed by atoms with van der Waals surface area (Å²) in [5, 5.41) is 6.74. The average molecular weight is 391 g/mol. The van der Waals surface area contributed by atoms with Gasteiger partial charge in [0.15, 0.2) is 5.96 Å². The molecule has 1 fully saturated rings. The fraction of sp³-hybridized carbons (Fsp3) is 0.391. The second-order valence-electron chi connectivity index (χ2n) is 7.71. The Balaban J connectivity index is 1.28. The van der Waals surface area contributed by atoms with E-state index in [0.717, 1.165) is 30.4 Å². The van der Waals surface area contributed by atoms with E-state index in [1.54, 1.807) is 7.05 Å². The third kappa shape index (κ3) is 4.95. The van der Waals surface area contributed by atoms with Crippen molar-refractivity contribution in [3.8, 4) is 0 Å². The molecule has 152 valence electrons. The van der Waals surface area contributed by atoms with Gasteiger partial charge in [0, 0.05) is 32.0 Å². The molecule has 0 saturated carbocycles. The molecule has 2 aromatic heterocycles. The van der Waals surface area contributed by atoms with E-state index in [9.17, 15) is 0 Å². The molecule has 1 saturated heterocycles. The second kappa shape index (κ2) is 9.09. The molecular weight excluding hydrogens is 360 g/mol. The Kier molecular flexibility index (Phi) is 6.10. The Morgan fingerprint density at radius 3 is 2.45 bits per heavy atom. The number of imidazole rings is 1. The molecule has 4 rings (SSSR count). The van der Waals surface area contributed by atoms with Crippen LogP contribution < -0.4 is 10.6 Å². The summed E-state index contributed by atoms with van der Waals surface area (Å²) in [7, 11) is 1.79. The van der Waals surface area contributed by atoms with Crippen molar-refractivity contribution >= 4 is 11.6 Å². The summed E-state index contributed by atoms with van der Waals surface area (Å²) in [5.74, 6) is 0.778. The van der Waals surface area contributed by atoms with Crippen LogP contribution in [0, 0.1) is 6.92 Å². The number of nitrogens with zero attached hydrogens (tertiary/aromatic N) is 4. The highest BCUT2D eigenvalue weighted by atomic mass is 15.2. The Labute approximate surface area is 172 Å². The van der Waals surface area contributed by atoms with Crippen LogP contribution in [0.25, 0.3) is 5.65 Å². The molecule has 0 radical (unpaired) electrons. The second-order valence-corrected chi connectivity index (χ2v) is 7.71. The number of rotatable bonds is 6. The van der Waals surface area contributed by atoms with Crippen molar-refractivity contribution in [2.75, 3.05) is 20.1 Å². The van der Waals surface area contributed by atoms with E-state index in [4.69, 9.17) is 0 Å². The van der Waals surface area contributed by atoms with E-state index in [1.807, 2.05) is 12.1 Å². The van der Waals surface area contributed by atoms with Crippen molar-refractivity contribution in [2.45, 2.75) is 39.4 Å². The van der Waals surface area contributed by atoms with Gasteiger partial charge in [-0.05, 0) is 56.1 Å². The number of aromatic nitrogens is 2. The van der Waals surface area contributed by atoms with Crippen molar-refractivity contribution in [1.29, 1.82) is 0 Å². The number of nitrogens with one attached hydrogen (secondary N) is 2. The zero-order valence-electron chi connectivity index (χ0n) is 17.4. The third-order valence-corrected chi connectivity index (χ3v) is 5.49. The molecule has 6 heteroatoms. The van der Waals surface area contributed by atoms with Crippen molar-refractivity contribution < 1.29 is 0 Å². The van der Waals surface area contributed by atoms with E-state index >= 15 is 0 Å². The van der Waals surface area contributed by atoms with Crippen LogP contribution in [0.2, 0.25) is 0 Å². The molecule has 2 N–H and O–H groups in total. The van der Waals surface area contributed by atoms with Crippen LogP contribution in [0.4, 0.5) is 0 Å². The summed E-state index contributed by atoms with van der Waals surface area (Å²) >= 11 is 0. The predicted molar refractivity (Wildman–Crippen MR) is 118 cm³/mol. The van der Waals surface area contributed by atoms with Crippen molar-refractivity contribution in [1.82, 2.24) is 24.9 Å². The lowest BCUT2D eigenvalue weighted by Gasteiger charge is -2.15. The van der Waals surface area contributed by atoms with Gasteiger partial charge < -0.3 is 15.0 Å². The zero-order chi connectivity index (χ0) is 20.1. The van der Waals surface area contributed by atoms with E-state index in [0.29, 0.717) is 6.54 Å². The summed E-state index contributed by atoms with van der Waals surface area (Å²) < 4.78 is 2.11. The number of aryl methyl sites for hydroxylation is 1. The number of hydrogen-bond acceptors (Lipinski definition) is 3. The number of aliphatic imine (C=N–C) groups is 1. The first-order valence-corrected chi connectivity index (χ1v) is 10.4. The quantitative estimate of drug-likeness (QED) is 0.502. The molecular formula is C23H30N6. The maximum Gasteiger partial charge on any atom is 0.191 e. The molecule has 1 aromatic carbocycles. The fourth-order valence-electron chi connectivity index (χ4n) is 3.83. The fourth-order valence-corrected chi connectivity index (χ4v) is 3.83. The molecule has 1 aliphatic rings. The average Bonchev–Trinajstić information content (AvgIpc) is 3.39. The molecule has 0 aliphatic carbocycles. The van der Waals surface area contributed by atoms with Gasteiger partial charge in [-0.25, -0.2) is 4.98 Å². The van der Waals surface area contributed by atoms with Crippen molar-refractivity contribution in [3.05, 3.63) is 71.2 Å². The molecule has 0 spiro atoms. The highest BCUT2D eigenvalue weighted by Gasteiger charge is 2.11. The minimum Gasteiger partial charge on any atom is -0.352 e. The van der Waals surface area contributed by atoms with Crippen LogP contribution >= 0.6 is 0 Å². The Hall–Kier alpha value is -2.86. The molecule has 29 heavy (non-hydrogen) atoms. The smallest absolute Gasteiger partial charge is 0.191 e. The molecule has 6 nitrogen and oxygen atoms in total. The molecule has 3 heterocycles. The van der Waals surface area contributed by atoms with E-state index < -0.39 is 0 Å². The maximum absolute atomic E-state index is 4.66. The van der Waals surface area contributed by atoms with Gasteiger partial charge in [0.25, 0.3) is 0 Å². The molecule has 0 unspecified atom stereocenters. The minimum atomic E-state index is 0.634. The summed E-state index contributed by atoms with van der Waals surface area (Å²) in [4.78, 5) is 11.5. The van der Waals surface area contributed by atoms with E-state index in [-0.39, 0.29) is 0 Å². The van der Waals surface area contributed by atoms with Crippen LogP contribution in [0.5, 0.6) is 0 Å². The van der Waals surface area contributed by atoms with Gasteiger partial charge in [0.2, 0.25) is 0 Å². The van der Waals surface area contributed by atoms with Crippen LogP contribution in [-0.4, -0.2) is 40.4 Å². The Morgan fingerprint density at radius 2 is 1.72 bits per heavy atom. The van der Waals surface area contributed by atoms with Crippen molar-refractivity contribution in [3.63, 3.8) is 0 Å². The van der Waals surface area contributed by atoms with Gasteiger partial charge in [-0.15, -0.1) is 0 Å². The number of hydrogen-bond donors (Lipinski definition) is 2. The Bertz CT molecular complexity index is 967. The van der Waals surface area contributed by atoms with Crippen LogP contribution in [0.1, 0.15) is 35.4 Å². The first kappa shape index (κ1) is 19.5. The number of likely N-dealkylation sites (tertiary alicyclic amines) is 1. The minimum absolute atomic E-state index is 0.634. The molecule has 1 aliphatic heterocycles. The SMILES string of the molecule is CN=C(NCc1ccc(CN2CCCC2)cc1)NCc1cn2c(C)cccc2n1. The van der Waals surface area contributed by atoms with Crippen LogP contribution in [0.15, 0.2) is 53.7 Å². The highest BCUT2D eigenvalue weighted by molar-refractivity contribution is 5.79. The topological polar surface area (TPSA) is 57.0 Å². The molecule has 3 aromatic rings. The summed E-state index contributed by atoms with van der Waals surface area (Å²) in [5.41, 5.74) is 5.78. The van der Waals surface area contributed by atoms with Crippen LogP contribution in [0.3, 0.4) is 0 Å². The highest BCUT2D eigenvalue weighted by Crippen LogP contribution is 2.13. The number of guanidine groups is 1. The first-order valence-electron chi connectivity index (χ1n) is 10.4. The maximum atomic E-state index is 4.66. The van der Waals surface area contributed by atoms with Gasteiger partial charge >= 0.3 is 0 Å².